The van der Waals surface area contributed by atoms with Gasteiger partial charge in [-0.15, -0.1) is 0 Å². The predicted molar refractivity (Wildman–Crippen MR) is 77.7 cm³/mol. The number of rotatable bonds is 2. The molecule has 6 nitrogen and oxygen atoms in total. The van der Waals surface area contributed by atoms with Crippen LogP contribution in [0.15, 0.2) is 42.6 Å². The van der Waals surface area contributed by atoms with Crippen LogP contribution in [0.4, 0.5) is 5.69 Å². The molecular formula is C15H12N2O4. The van der Waals surface area contributed by atoms with Crippen molar-refractivity contribution in [1.82, 2.24) is 4.98 Å². The van der Waals surface area contributed by atoms with Gasteiger partial charge in [0.1, 0.15) is 5.75 Å². The van der Waals surface area contributed by atoms with Crippen LogP contribution in [-0.4, -0.2) is 26.2 Å². The number of aromatic amines is 1. The molecule has 1 heterocycles. The third-order valence-electron chi connectivity index (χ3n) is 3.13. The van der Waals surface area contributed by atoms with Crippen LogP contribution in [0.1, 0.15) is 10.4 Å². The van der Waals surface area contributed by atoms with Crippen molar-refractivity contribution in [1.29, 1.82) is 0 Å². The second kappa shape index (κ2) is 4.75. The van der Waals surface area contributed by atoms with Crippen molar-refractivity contribution >= 4 is 22.5 Å². The molecule has 2 aromatic carbocycles. The highest BCUT2D eigenvalue weighted by molar-refractivity contribution is 6.07. The van der Waals surface area contributed by atoms with Gasteiger partial charge in [0, 0.05) is 28.9 Å². The Kier molecular flexibility index (Phi) is 2.91. The molecule has 0 radical (unpaired) electrons. The van der Waals surface area contributed by atoms with Crippen molar-refractivity contribution in [2.75, 3.05) is 5.32 Å². The maximum atomic E-state index is 12.2. The summed E-state index contributed by atoms with van der Waals surface area (Å²) in [5.74, 6) is -1.04. The molecule has 0 aliphatic rings. The molecule has 3 rings (SSSR count). The fourth-order valence-corrected chi connectivity index (χ4v) is 2.09. The van der Waals surface area contributed by atoms with Crippen molar-refractivity contribution in [3.8, 4) is 17.2 Å². The highest BCUT2D eigenvalue weighted by atomic mass is 16.3. The van der Waals surface area contributed by atoms with Crippen molar-refractivity contribution < 1.29 is 20.1 Å². The first-order chi connectivity index (χ1) is 10.0. The Hall–Kier alpha value is -3.15. The summed E-state index contributed by atoms with van der Waals surface area (Å²) in [5.41, 5.74) is 1.19. The van der Waals surface area contributed by atoms with Gasteiger partial charge in [0.15, 0.2) is 11.5 Å². The quantitative estimate of drug-likeness (QED) is 0.368. The molecule has 21 heavy (non-hydrogen) atoms. The third-order valence-corrected chi connectivity index (χ3v) is 3.13. The van der Waals surface area contributed by atoms with Crippen LogP contribution in [0, 0.1) is 0 Å². The van der Waals surface area contributed by atoms with Gasteiger partial charge in [-0.05, 0) is 30.3 Å². The number of hydrogen-bond donors (Lipinski definition) is 5. The first-order valence-corrected chi connectivity index (χ1v) is 6.18. The van der Waals surface area contributed by atoms with Crippen LogP contribution < -0.4 is 5.32 Å². The standard InChI is InChI=1S/C15H12N2O4/c18-11-2-1-10(7-12(11)19)17-15(21)9-5-8-3-4-16-14(8)13(20)6-9/h1-7,16,18-20H,(H,17,21). The number of aromatic nitrogens is 1. The molecule has 106 valence electrons. The monoisotopic (exact) mass is 284 g/mol. The van der Waals surface area contributed by atoms with Crippen molar-refractivity contribution in [3.05, 3.63) is 48.2 Å². The Morgan fingerprint density at radius 2 is 1.76 bits per heavy atom. The van der Waals surface area contributed by atoms with Crippen molar-refractivity contribution in [3.63, 3.8) is 0 Å². The van der Waals surface area contributed by atoms with Crippen LogP contribution in [0.3, 0.4) is 0 Å². The van der Waals surface area contributed by atoms with Crippen LogP contribution in [0.25, 0.3) is 10.9 Å². The number of phenols is 3. The van der Waals surface area contributed by atoms with E-state index in [-0.39, 0.29) is 22.8 Å². The lowest BCUT2D eigenvalue weighted by molar-refractivity contribution is 0.102. The van der Waals surface area contributed by atoms with E-state index in [0.717, 1.165) is 0 Å². The average molecular weight is 284 g/mol. The summed E-state index contributed by atoms with van der Waals surface area (Å²) in [4.78, 5) is 15.0. The molecule has 0 fully saturated rings. The average Bonchev–Trinajstić information content (AvgIpc) is 2.92. The summed E-state index contributed by atoms with van der Waals surface area (Å²) >= 11 is 0. The molecule has 0 bridgehead atoms. The lowest BCUT2D eigenvalue weighted by Crippen LogP contribution is -2.11. The zero-order valence-electron chi connectivity index (χ0n) is 10.8. The summed E-state index contributed by atoms with van der Waals surface area (Å²) in [5, 5.41) is 31.8. The topological polar surface area (TPSA) is 106 Å². The first-order valence-electron chi connectivity index (χ1n) is 6.18. The van der Waals surface area contributed by atoms with Crippen LogP contribution >= 0.6 is 0 Å². The van der Waals surface area contributed by atoms with Gasteiger partial charge in [0.25, 0.3) is 5.91 Å². The molecule has 6 heteroatoms. The number of fused-ring (bicyclic) bond motifs is 1. The van der Waals surface area contributed by atoms with E-state index in [4.69, 9.17) is 0 Å². The number of anilines is 1. The van der Waals surface area contributed by atoms with Gasteiger partial charge in [-0.1, -0.05) is 0 Å². The Balaban J connectivity index is 1.91. The number of benzene rings is 2. The molecule has 0 unspecified atom stereocenters. The van der Waals surface area contributed by atoms with Gasteiger partial charge >= 0.3 is 0 Å². The number of amides is 1. The number of carbonyl (C=O) groups excluding carboxylic acids is 1. The van der Waals surface area contributed by atoms with Crippen molar-refractivity contribution in [2.45, 2.75) is 0 Å². The highest BCUT2D eigenvalue weighted by Crippen LogP contribution is 2.29. The number of carbonyl (C=O) groups is 1. The van der Waals surface area contributed by atoms with Gasteiger partial charge in [-0.2, -0.15) is 0 Å². The maximum Gasteiger partial charge on any atom is 0.255 e. The number of hydrogen-bond acceptors (Lipinski definition) is 4. The number of nitrogens with one attached hydrogen (secondary N) is 2. The lowest BCUT2D eigenvalue weighted by Gasteiger charge is -2.07. The SMILES string of the molecule is O=C(Nc1ccc(O)c(O)c1)c1cc(O)c2[nH]ccc2c1. The molecule has 0 spiro atoms. The number of H-pyrrole nitrogens is 1. The number of phenolic OH excluding ortho intramolecular Hbond substituents is 3. The Labute approximate surface area is 119 Å². The smallest absolute Gasteiger partial charge is 0.255 e. The van der Waals surface area contributed by atoms with Crippen LogP contribution in [-0.2, 0) is 0 Å². The maximum absolute atomic E-state index is 12.2. The van der Waals surface area contributed by atoms with E-state index in [1.165, 1.54) is 24.3 Å². The zero-order chi connectivity index (χ0) is 15.0. The van der Waals surface area contributed by atoms with Crippen LogP contribution in [0.2, 0.25) is 0 Å². The molecule has 1 amide bonds. The van der Waals surface area contributed by atoms with Crippen molar-refractivity contribution in [2.24, 2.45) is 0 Å². The summed E-state index contributed by atoms with van der Waals surface area (Å²) < 4.78 is 0. The van der Waals surface area contributed by atoms with Gasteiger partial charge in [-0.3, -0.25) is 4.79 Å². The molecule has 0 saturated heterocycles. The van der Waals surface area contributed by atoms with Crippen LogP contribution in [0.5, 0.6) is 17.2 Å². The summed E-state index contributed by atoms with van der Waals surface area (Å²) in [6.07, 6.45) is 1.67. The lowest BCUT2D eigenvalue weighted by atomic mass is 10.1. The van der Waals surface area contributed by atoms with E-state index in [9.17, 15) is 20.1 Å². The Bertz CT molecular complexity index is 839. The zero-order valence-corrected chi connectivity index (χ0v) is 10.8. The van der Waals surface area contributed by atoms with E-state index in [0.29, 0.717) is 16.6 Å². The fourth-order valence-electron chi connectivity index (χ4n) is 2.09. The molecule has 0 saturated carbocycles. The molecule has 1 aromatic heterocycles. The summed E-state index contributed by atoms with van der Waals surface area (Å²) in [6, 6.07) is 8.72. The largest absolute Gasteiger partial charge is 0.506 e. The van der Waals surface area contributed by atoms with Gasteiger partial charge in [0.05, 0.1) is 5.52 Å². The summed E-state index contributed by atoms with van der Waals surface area (Å²) in [6.45, 7) is 0. The summed E-state index contributed by atoms with van der Waals surface area (Å²) in [7, 11) is 0. The van der Waals surface area contributed by atoms with E-state index in [1.54, 1.807) is 18.3 Å². The van der Waals surface area contributed by atoms with E-state index in [1.807, 2.05) is 0 Å². The van der Waals surface area contributed by atoms with E-state index in [2.05, 4.69) is 10.3 Å². The van der Waals surface area contributed by atoms with Gasteiger partial charge in [0.2, 0.25) is 0 Å². The van der Waals surface area contributed by atoms with Gasteiger partial charge < -0.3 is 25.6 Å². The second-order valence-corrected chi connectivity index (χ2v) is 4.59. The Morgan fingerprint density at radius 1 is 0.952 bits per heavy atom. The predicted octanol–water partition coefficient (Wildman–Crippen LogP) is 2.54. The number of aromatic hydroxyl groups is 3. The first kappa shape index (κ1) is 12.9. The Morgan fingerprint density at radius 3 is 2.52 bits per heavy atom. The fraction of sp³-hybridized carbons (Fsp3) is 0. The normalized spacial score (nSPS) is 10.7. The minimum Gasteiger partial charge on any atom is -0.506 e. The van der Waals surface area contributed by atoms with E-state index < -0.39 is 5.91 Å². The molecule has 0 aliphatic carbocycles. The molecule has 3 aromatic rings. The molecule has 5 N–H and O–H groups in total. The minimum absolute atomic E-state index is 0.0174. The second-order valence-electron chi connectivity index (χ2n) is 4.59. The van der Waals surface area contributed by atoms with E-state index >= 15 is 0 Å². The highest BCUT2D eigenvalue weighted by Gasteiger charge is 2.11. The molecular weight excluding hydrogens is 272 g/mol. The van der Waals surface area contributed by atoms with Gasteiger partial charge in [-0.25, -0.2) is 0 Å². The molecule has 0 aliphatic heterocycles. The molecule has 0 atom stereocenters. The minimum atomic E-state index is -0.432. The third kappa shape index (κ3) is 2.34.